The average molecular weight is 271 g/mol. The molecule has 0 aromatic heterocycles. The first kappa shape index (κ1) is 14.2. The number of ether oxygens (including phenoxy) is 2. The van der Waals surface area contributed by atoms with Gasteiger partial charge >= 0.3 is 6.61 Å². The molecule has 1 N–H and O–H groups in total. The molecule has 0 radical (unpaired) electrons. The molecule has 2 unspecified atom stereocenters. The van der Waals surface area contributed by atoms with E-state index in [1.54, 1.807) is 12.1 Å². The zero-order valence-electron chi connectivity index (χ0n) is 11.1. The number of morpholine rings is 1. The van der Waals surface area contributed by atoms with Crippen molar-refractivity contribution in [2.24, 2.45) is 5.92 Å². The smallest absolute Gasteiger partial charge is 0.387 e. The summed E-state index contributed by atoms with van der Waals surface area (Å²) in [6.45, 7) is 2.91. The molecule has 3 nitrogen and oxygen atoms in total. The molecule has 0 aliphatic carbocycles. The molecule has 1 aliphatic heterocycles. The summed E-state index contributed by atoms with van der Waals surface area (Å²) in [5, 5.41) is 3.31. The second-order valence-electron chi connectivity index (χ2n) is 5.02. The third kappa shape index (κ3) is 3.88. The van der Waals surface area contributed by atoms with Crippen LogP contribution in [0.1, 0.15) is 25.5 Å². The van der Waals surface area contributed by atoms with E-state index in [0.717, 1.165) is 12.1 Å². The number of hydrogen-bond acceptors (Lipinski definition) is 3. The van der Waals surface area contributed by atoms with Gasteiger partial charge in [-0.15, -0.1) is 0 Å². The average Bonchev–Trinajstić information content (AvgIpc) is 2.38. The van der Waals surface area contributed by atoms with Crippen LogP contribution in [0.3, 0.4) is 0 Å². The Morgan fingerprint density at radius 1 is 1.32 bits per heavy atom. The Bertz CT molecular complexity index is 412. The van der Waals surface area contributed by atoms with Gasteiger partial charge in [-0.3, -0.25) is 0 Å². The lowest BCUT2D eigenvalue weighted by atomic mass is 10.0. The van der Waals surface area contributed by atoms with Crippen molar-refractivity contribution in [1.29, 1.82) is 0 Å². The maximum absolute atomic E-state index is 12.2. The van der Waals surface area contributed by atoms with Crippen LogP contribution in [0, 0.1) is 5.92 Å². The zero-order valence-corrected chi connectivity index (χ0v) is 11.1. The Labute approximate surface area is 111 Å². The highest BCUT2D eigenvalue weighted by Crippen LogP contribution is 2.27. The van der Waals surface area contributed by atoms with Gasteiger partial charge in [0, 0.05) is 13.1 Å². The maximum Gasteiger partial charge on any atom is 0.387 e. The molecule has 0 amide bonds. The van der Waals surface area contributed by atoms with E-state index < -0.39 is 6.61 Å². The molecule has 1 heterocycles. The molecule has 106 valence electrons. The van der Waals surface area contributed by atoms with Crippen molar-refractivity contribution in [3.8, 4) is 5.75 Å². The first-order valence-electron chi connectivity index (χ1n) is 6.47. The second-order valence-corrected chi connectivity index (χ2v) is 5.02. The molecule has 19 heavy (non-hydrogen) atoms. The van der Waals surface area contributed by atoms with Gasteiger partial charge in [-0.2, -0.15) is 8.78 Å². The Balaban J connectivity index is 2.08. The van der Waals surface area contributed by atoms with Gasteiger partial charge in [0.2, 0.25) is 0 Å². The first-order valence-corrected chi connectivity index (χ1v) is 6.47. The molecule has 1 aromatic carbocycles. The Morgan fingerprint density at radius 3 is 2.79 bits per heavy atom. The molecule has 5 heteroatoms. The third-order valence-corrected chi connectivity index (χ3v) is 3.21. The van der Waals surface area contributed by atoms with Crippen LogP contribution in [0.4, 0.5) is 8.78 Å². The van der Waals surface area contributed by atoms with Crippen LogP contribution >= 0.6 is 0 Å². The van der Waals surface area contributed by atoms with Gasteiger partial charge in [-0.1, -0.05) is 26.0 Å². The fourth-order valence-corrected chi connectivity index (χ4v) is 2.14. The van der Waals surface area contributed by atoms with Crippen LogP contribution in [0.2, 0.25) is 0 Å². The summed E-state index contributed by atoms with van der Waals surface area (Å²) in [5.74, 6) is 0.582. The normalized spacial score (nSPS) is 23.9. The second kappa shape index (κ2) is 6.30. The van der Waals surface area contributed by atoms with E-state index in [1.807, 2.05) is 6.07 Å². The van der Waals surface area contributed by atoms with E-state index in [1.165, 1.54) is 6.07 Å². The molecular weight excluding hydrogens is 252 g/mol. The number of nitrogens with one attached hydrogen (secondary N) is 1. The SMILES string of the molecule is CC(C)C1CNCC(c2cccc(OC(F)F)c2)O1. The first-order chi connectivity index (χ1) is 9.06. The van der Waals surface area contributed by atoms with Gasteiger partial charge in [0.1, 0.15) is 5.75 Å². The van der Waals surface area contributed by atoms with Crippen molar-refractivity contribution < 1.29 is 18.3 Å². The summed E-state index contributed by atoms with van der Waals surface area (Å²) in [6, 6.07) is 6.70. The van der Waals surface area contributed by atoms with E-state index in [0.29, 0.717) is 12.5 Å². The lowest BCUT2D eigenvalue weighted by Gasteiger charge is -2.33. The van der Waals surface area contributed by atoms with E-state index in [4.69, 9.17) is 4.74 Å². The molecular formula is C14H19F2NO2. The highest BCUT2D eigenvalue weighted by molar-refractivity contribution is 5.30. The molecule has 0 bridgehead atoms. The fraction of sp³-hybridized carbons (Fsp3) is 0.571. The van der Waals surface area contributed by atoms with Crippen LogP contribution in [0.25, 0.3) is 0 Å². The number of alkyl halides is 2. The standard InChI is InChI=1S/C14H19F2NO2/c1-9(2)12-7-17-8-13(19-12)10-4-3-5-11(6-10)18-14(15)16/h3-6,9,12-14,17H,7-8H2,1-2H3. The van der Waals surface area contributed by atoms with Crippen LogP contribution in [0.15, 0.2) is 24.3 Å². The Hall–Kier alpha value is -1.20. The molecule has 0 saturated carbocycles. The van der Waals surface area contributed by atoms with Crippen LogP contribution < -0.4 is 10.1 Å². The van der Waals surface area contributed by atoms with E-state index in [-0.39, 0.29) is 18.0 Å². The largest absolute Gasteiger partial charge is 0.435 e. The lowest BCUT2D eigenvalue weighted by molar-refractivity contribution is -0.0617. The van der Waals surface area contributed by atoms with Crippen molar-refractivity contribution in [3.63, 3.8) is 0 Å². The molecule has 2 rings (SSSR count). The predicted molar refractivity (Wildman–Crippen MR) is 68.4 cm³/mol. The van der Waals surface area contributed by atoms with Gasteiger partial charge in [0.25, 0.3) is 0 Å². The van der Waals surface area contributed by atoms with Gasteiger partial charge in [-0.05, 0) is 23.6 Å². The molecule has 1 aromatic rings. The minimum atomic E-state index is -2.80. The highest BCUT2D eigenvalue weighted by Gasteiger charge is 2.25. The van der Waals surface area contributed by atoms with E-state index >= 15 is 0 Å². The van der Waals surface area contributed by atoms with Crippen molar-refractivity contribution in [2.45, 2.75) is 32.7 Å². The quantitative estimate of drug-likeness (QED) is 0.913. The van der Waals surface area contributed by atoms with Crippen LogP contribution in [0.5, 0.6) is 5.75 Å². The summed E-state index contributed by atoms with van der Waals surface area (Å²) >= 11 is 0. The summed E-state index contributed by atoms with van der Waals surface area (Å²) in [5.41, 5.74) is 0.857. The summed E-state index contributed by atoms with van der Waals surface area (Å²) < 4.78 is 34.8. The summed E-state index contributed by atoms with van der Waals surface area (Å²) in [4.78, 5) is 0. The number of benzene rings is 1. The molecule has 1 aliphatic rings. The Kier molecular flexibility index (Phi) is 4.71. The summed E-state index contributed by atoms with van der Waals surface area (Å²) in [7, 11) is 0. The lowest BCUT2D eigenvalue weighted by Crippen LogP contribution is -2.43. The van der Waals surface area contributed by atoms with Crippen molar-refractivity contribution in [2.75, 3.05) is 13.1 Å². The van der Waals surface area contributed by atoms with Gasteiger partial charge < -0.3 is 14.8 Å². The van der Waals surface area contributed by atoms with E-state index in [9.17, 15) is 8.78 Å². The molecule has 1 saturated heterocycles. The molecule has 1 fully saturated rings. The molecule has 0 spiro atoms. The van der Waals surface area contributed by atoms with Crippen LogP contribution in [-0.4, -0.2) is 25.8 Å². The maximum atomic E-state index is 12.2. The van der Waals surface area contributed by atoms with Crippen molar-refractivity contribution >= 4 is 0 Å². The zero-order chi connectivity index (χ0) is 13.8. The number of halogens is 2. The summed E-state index contributed by atoms with van der Waals surface area (Å²) in [6.07, 6.45) is 0.0146. The Morgan fingerprint density at radius 2 is 2.11 bits per heavy atom. The van der Waals surface area contributed by atoms with E-state index in [2.05, 4.69) is 23.9 Å². The minimum absolute atomic E-state index is 0.123. The third-order valence-electron chi connectivity index (χ3n) is 3.21. The minimum Gasteiger partial charge on any atom is -0.435 e. The van der Waals surface area contributed by atoms with Crippen molar-refractivity contribution in [3.05, 3.63) is 29.8 Å². The number of hydrogen-bond donors (Lipinski definition) is 1. The number of rotatable bonds is 4. The fourth-order valence-electron chi connectivity index (χ4n) is 2.14. The predicted octanol–water partition coefficient (Wildman–Crippen LogP) is 2.97. The monoisotopic (exact) mass is 271 g/mol. The van der Waals surface area contributed by atoms with Crippen LogP contribution in [-0.2, 0) is 4.74 Å². The van der Waals surface area contributed by atoms with Crippen molar-refractivity contribution in [1.82, 2.24) is 5.32 Å². The van der Waals surface area contributed by atoms with Gasteiger partial charge in [0.05, 0.1) is 12.2 Å². The molecule has 2 atom stereocenters. The van der Waals surface area contributed by atoms with Gasteiger partial charge in [-0.25, -0.2) is 0 Å². The highest BCUT2D eigenvalue weighted by atomic mass is 19.3. The topological polar surface area (TPSA) is 30.5 Å². The van der Waals surface area contributed by atoms with Gasteiger partial charge in [0.15, 0.2) is 0 Å².